The number of imidazole rings is 1. The van der Waals surface area contributed by atoms with Crippen LogP contribution in [0.25, 0.3) is 11.4 Å². The predicted molar refractivity (Wildman–Crippen MR) is 136 cm³/mol. The quantitative estimate of drug-likeness (QED) is 0.417. The van der Waals surface area contributed by atoms with Crippen molar-refractivity contribution >= 4 is 11.6 Å². The summed E-state index contributed by atoms with van der Waals surface area (Å²) >= 11 is 0. The van der Waals surface area contributed by atoms with Gasteiger partial charge in [-0.3, -0.25) is 9.78 Å². The zero-order valence-electron chi connectivity index (χ0n) is 21.2. The summed E-state index contributed by atoms with van der Waals surface area (Å²) in [5.74, 6) is 1.15. The third-order valence-electron chi connectivity index (χ3n) is 7.68. The van der Waals surface area contributed by atoms with E-state index in [1.165, 1.54) is 24.8 Å². The zero-order valence-corrected chi connectivity index (χ0v) is 21.2. The van der Waals surface area contributed by atoms with Crippen LogP contribution < -0.4 is 5.73 Å². The van der Waals surface area contributed by atoms with Crippen LogP contribution in [-0.4, -0.2) is 31.9 Å². The van der Waals surface area contributed by atoms with E-state index < -0.39 is 17.8 Å². The molecule has 3 aromatic rings. The maximum atomic E-state index is 13.5. The van der Waals surface area contributed by atoms with Crippen molar-refractivity contribution in [3.63, 3.8) is 0 Å². The lowest BCUT2D eigenvalue weighted by Crippen LogP contribution is -2.42. The fourth-order valence-corrected chi connectivity index (χ4v) is 5.53. The number of aryl methyl sites for hydroxylation is 1. The van der Waals surface area contributed by atoms with E-state index >= 15 is 0 Å². The van der Waals surface area contributed by atoms with E-state index in [1.807, 2.05) is 6.92 Å². The van der Waals surface area contributed by atoms with Crippen molar-refractivity contribution in [2.24, 2.45) is 0 Å². The minimum atomic E-state index is -4.62. The maximum absolute atomic E-state index is 13.5. The SMILES string of the molecule is CCCc1nc(-c2ccc(C3CCC3)cc2)n2c1C(CC)N(C(=O)c1cnc(C(F)(F)F)cc1N)CC2. The molecule has 1 saturated carbocycles. The monoisotopic (exact) mass is 511 g/mol. The number of halogens is 3. The van der Waals surface area contributed by atoms with Crippen molar-refractivity contribution in [2.45, 2.75) is 77.1 Å². The number of benzene rings is 1. The fraction of sp³-hybridized carbons (Fsp3) is 0.464. The van der Waals surface area contributed by atoms with Crippen LogP contribution in [0.15, 0.2) is 36.5 Å². The number of carbonyl (C=O) groups is 1. The smallest absolute Gasteiger partial charge is 0.398 e. The van der Waals surface area contributed by atoms with E-state index in [0.717, 1.165) is 47.9 Å². The number of nitrogen functional groups attached to an aromatic ring is 1. The van der Waals surface area contributed by atoms with E-state index in [1.54, 1.807) is 4.90 Å². The highest BCUT2D eigenvalue weighted by Crippen LogP contribution is 2.39. The number of aromatic nitrogens is 3. The van der Waals surface area contributed by atoms with Gasteiger partial charge in [0.1, 0.15) is 11.5 Å². The molecular weight excluding hydrogens is 479 g/mol. The van der Waals surface area contributed by atoms with E-state index in [9.17, 15) is 18.0 Å². The summed E-state index contributed by atoms with van der Waals surface area (Å²) in [5.41, 5.74) is 8.96. The van der Waals surface area contributed by atoms with Crippen molar-refractivity contribution in [3.05, 3.63) is 64.7 Å². The van der Waals surface area contributed by atoms with Gasteiger partial charge in [-0.2, -0.15) is 13.2 Å². The Morgan fingerprint density at radius 1 is 1.14 bits per heavy atom. The van der Waals surface area contributed by atoms with Crippen LogP contribution in [-0.2, 0) is 19.1 Å². The van der Waals surface area contributed by atoms with Crippen LogP contribution in [0.1, 0.15) is 90.9 Å². The van der Waals surface area contributed by atoms with Crippen LogP contribution in [0, 0.1) is 0 Å². The summed E-state index contributed by atoms with van der Waals surface area (Å²) in [6, 6.07) is 9.17. The molecule has 1 aliphatic carbocycles. The largest absolute Gasteiger partial charge is 0.433 e. The molecule has 1 aliphatic heterocycles. The van der Waals surface area contributed by atoms with Gasteiger partial charge in [-0.25, -0.2) is 4.98 Å². The Morgan fingerprint density at radius 3 is 2.43 bits per heavy atom. The number of carbonyl (C=O) groups excluding carboxylic acids is 1. The lowest BCUT2D eigenvalue weighted by molar-refractivity contribution is -0.141. The van der Waals surface area contributed by atoms with Gasteiger partial charge in [0.05, 0.1) is 23.0 Å². The molecule has 0 saturated heterocycles. The first kappa shape index (κ1) is 25.3. The molecule has 9 heteroatoms. The highest BCUT2D eigenvalue weighted by Gasteiger charge is 2.37. The van der Waals surface area contributed by atoms with Crippen molar-refractivity contribution < 1.29 is 18.0 Å². The Balaban J connectivity index is 1.49. The van der Waals surface area contributed by atoms with E-state index in [4.69, 9.17) is 10.7 Å². The Kier molecular flexibility index (Phi) is 6.72. The van der Waals surface area contributed by atoms with Crippen molar-refractivity contribution in [2.75, 3.05) is 12.3 Å². The Bertz CT molecular complexity index is 1290. The number of amides is 1. The molecule has 1 aromatic carbocycles. The number of alkyl halides is 3. The number of hydrogen-bond acceptors (Lipinski definition) is 4. The van der Waals surface area contributed by atoms with E-state index in [2.05, 4.69) is 40.7 Å². The standard InChI is InChI=1S/C28H32F3N5O/c1-3-6-22-25-23(4-2)35(27(37)20-16-33-24(15-21(20)32)28(29,30)31)13-14-36(25)26(34-22)19-11-9-18(10-12-19)17-7-5-8-17/h9-12,15-17,23H,3-8,13-14H2,1-2H3,(H2,32,33). The molecule has 2 aliphatic rings. The van der Waals surface area contributed by atoms with Gasteiger partial charge < -0.3 is 15.2 Å². The van der Waals surface area contributed by atoms with Gasteiger partial charge in [0, 0.05) is 30.5 Å². The lowest BCUT2D eigenvalue weighted by Gasteiger charge is -2.37. The third-order valence-corrected chi connectivity index (χ3v) is 7.68. The molecule has 37 heavy (non-hydrogen) atoms. The first-order valence-electron chi connectivity index (χ1n) is 13.1. The van der Waals surface area contributed by atoms with Crippen molar-refractivity contribution in [1.82, 2.24) is 19.4 Å². The Labute approximate surface area is 214 Å². The average molecular weight is 512 g/mol. The highest BCUT2D eigenvalue weighted by atomic mass is 19.4. The van der Waals surface area contributed by atoms with Gasteiger partial charge in [0.2, 0.25) is 0 Å². The van der Waals surface area contributed by atoms with Gasteiger partial charge in [-0.15, -0.1) is 0 Å². The minimum absolute atomic E-state index is 0.0109. The summed E-state index contributed by atoms with van der Waals surface area (Å²) < 4.78 is 41.4. The molecule has 1 unspecified atom stereocenters. The number of nitrogens with two attached hydrogens (primary N) is 1. The second-order valence-corrected chi connectivity index (χ2v) is 10.00. The summed E-state index contributed by atoms with van der Waals surface area (Å²) in [6.07, 6.45) is 2.44. The molecule has 3 heterocycles. The molecule has 6 nitrogen and oxygen atoms in total. The molecule has 2 N–H and O–H groups in total. The number of nitrogens with zero attached hydrogens (tertiary/aromatic N) is 4. The topological polar surface area (TPSA) is 77.0 Å². The van der Waals surface area contributed by atoms with Crippen LogP contribution in [0.2, 0.25) is 0 Å². The van der Waals surface area contributed by atoms with Gasteiger partial charge in [0.25, 0.3) is 5.91 Å². The Hall–Kier alpha value is -3.36. The van der Waals surface area contributed by atoms with Gasteiger partial charge in [0.15, 0.2) is 0 Å². The second kappa shape index (κ2) is 9.84. The van der Waals surface area contributed by atoms with Gasteiger partial charge in [-0.1, -0.05) is 51.0 Å². The molecule has 5 rings (SSSR count). The summed E-state index contributed by atoms with van der Waals surface area (Å²) in [5, 5.41) is 0. The first-order valence-corrected chi connectivity index (χ1v) is 13.1. The molecule has 0 spiro atoms. The molecule has 196 valence electrons. The Morgan fingerprint density at radius 2 is 1.86 bits per heavy atom. The molecular formula is C28H32F3N5O. The van der Waals surface area contributed by atoms with E-state index in [-0.39, 0.29) is 17.3 Å². The number of rotatable bonds is 6. The van der Waals surface area contributed by atoms with Crippen molar-refractivity contribution in [3.8, 4) is 11.4 Å². The van der Waals surface area contributed by atoms with Crippen LogP contribution >= 0.6 is 0 Å². The van der Waals surface area contributed by atoms with Crippen LogP contribution in [0.5, 0.6) is 0 Å². The number of anilines is 1. The molecule has 1 amide bonds. The fourth-order valence-electron chi connectivity index (χ4n) is 5.53. The molecule has 0 bridgehead atoms. The minimum Gasteiger partial charge on any atom is -0.398 e. The summed E-state index contributed by atoms with van der Waals surface area (Å²) in [4.78, 5) is 23.8. The van der Waals surface area contributed by atoms with Crippen LogP contribution in [0.3, 0.4) is 0 Å². The maximum Gasteiger partial charge on any atom is 0.433 e. The number of hydrogen-bond donors (Lipinski definition) is 1. The van der Waals surface area contributed by atoms with Gasteiger partial charge in [-0.05, 0) is 43.2 Å². The van der Waals surface area contributed by atoms with E-state index in [0.29, 0.717) is 25.4 Å². The van der Waals surface area contributed by atoms with Gasteiger partial charge >= 0.3 is 6.18 Å². The number of fused-ring (bicyclic) bond motifs is 1. The summed E-state index contributed by atoms with van der Waals surface area (Å²) in [6.45, 7) is 5.05. The van der Waals surface area contributed by atoms with Crippen LogP contribution in [0.4, 0.5) is 18.9 Å². The molecule has 2 aromatic heterocycles. The molecule has 0 radical (unpaired) electrons. The zero-order chi connectivity index (χ0) is 26.3. The average Bonchev–Trinajstić information content (AvgIpc) is 3.20. The molecule has 1 fully saturated rings. The van der Waals surface area contributed by atoms with Crippen molar-refractivity contribution in [1.29, 1.82) is 0 Å². The normalized spacial score (nSPS) is 18.0. The third kappa shape index (κ3) is 4.60. The highest BCUT2D eigenvalue weighted by molar-refractivity contribution is 5.99. The summed E-state index contributed by atoms with van der Waals surface area (Å²) in [7, 11) is 0. The molecule has 1 atom stereocenters. The lowest BCUT2D eigenvalue weighted by atomic mass is 9.80. The predicted octanol–water partition coefficient (Wildman–Crippen LogP) is 6.37. The first-order chi connectivity index (χ1) is 17.7. The number of pyridine rings is 1. The second-order valence-electron chi connectivity index (χ2n) is 10.00.